The minimum Gasteiger partial charge on any atom is -0.396 e. The summed E-state index contributed by atoms with van der Waals surface area (Å²) in [6.07, 6.45) is 1.60. The van der Waals surface area contributed by atoms with Crippen molar-refractivity contribution in [1.29, 1.82) is 0 Å². The van der Waals surface area contributed by atoms with E-state index in [4.69, 9.17) is 4.74 Å². The van der Waals surface area contributed by atoms with E-state index in [0.717, 1.165) is 29.6 Å². The molecule has 1 amide bonds. The summed E-state index contributed by atoms with van der Waals surface area (Å²) in [6.45, 7) is 3.96. The van der Waals surface area contributed by atoms with Crippen molar-refractivity contribution in [2.24, 2.45) is 11.3 Å². The highest BCUT2D eigenvalue weighted by molar-refractivity contribution is 6.05. The number of rotatable bonds is 5. The van der Waals surface area contributed by atoms with Crippen LogP contribution in [-0.2, 0) is 9.53 Å². The molecule has 1 saturated heterocycles. The van der Waals surface area contributed by atoms with Gasteiger partial charge in [-0.15, -0.1) is 0 Å². The lowest BCUT2D eigenvalue weighted by molar-refractivity contribution is -0.122. The molecule has 118 valence electrons. The lowest BCUT2D eigenvalue weighted by Crippen LogP contribution is -2.44. The second-order valence-electron chi connectivity index (χ2n) is 6.38. The molecule has 0 unspecified atom stereocenters. The fraction of sp³-hybridized carbons (Fsp3) is 0.500. The Labute approximate surface area is 131 Å². The Morgan fingerprint density at radius 1 is 1.32 bits per heavy atom. The molecule has 1 aromatic rings. The van der Waals surface area contributed by atoms with Crippen molar-refractivity contribution >= 4 is 11.5 Å². The van der Waals surface area contributed by atoms with Crippen LogP contribution in [0.5, 0.6) is 0 Å². The van der Waals surface area contributed by atoms with E-state index in [1.165, 1.54) is 0 Å². The zero-order valence-electron chi connectivity index (χ0n) is 13.0. The van der Waals surface area contributed by atoms with Crippen LogP contribution in [0, 0.1) is 11.3 Å². The van der Waals surface area contributed by atoms with E-state index in [2.05, 4.69) is 5.32 Å². The molecule has 2 aliphatic rings. The quantitative estimate of drug-likeness (QED) is 0.874. The van der Waals surface area contributed by atoms with Gasteiger partial charge in [-0.05, 0) is 30.9 Å². The minimum atomic E-state index is -0.219. The lowest BCUT2D eigenvalue weighted by atomic mass is 9.81. The Balaban J connectivity index is 1.58. The predicted molar refractivity (Wildman–Crippen MR) is 85.1 cm³/mol. The zero-order valence-corrected chi connectivity index (χ0v) is 13.0. The maximum atomic E-state index is 12.4. The van der Waals surface area contributed by atoms with Crippen molar-refractivity contribution in [2.45, 2.75) is 19.8 Å². The van der Waals surface area contributed by atoms with Gasteiger partial charge in [0.2, 0.25) is 5.91 Å². The van der Waals surface area contributed by atoms with Gasteiger partial charge in [-0.2, -0.15) is 0 Å². The number of hydrogen-bond acceptors (Lipinski definition) is 3. The van der Waals surface area contributed by atoms with Gasteiger partial charge in [-0.3, -0.25) is 4.79 Å². The number of amides is 1. The van der Waals surface area contributed by atoms with Gasteiger partial charge in [-0.25, -0.2) is 0 Å². The number of ether oxygens (including phenoxy) is 1. The second kappa shape index (κ2) is 6.23. The standard InChI is InChI=1S/C18H23NO3/c1-13-15(14-5-3-2-4-6-14)16(13)17(21)19-11-18(12-20)7-9-22-10-8-18/h2-6,16,20H,7-12H2,1H3,(H,19,21)/t16-/m0/s1. The van der Waals surface area contributed by atoms with Crippen molar-refractivity contribution in [3.8, 4) is 0 Å². The first-order valence-corrected chi connectivity index (χ1v) is 7.89. The normalized spacial score (nSPS) is 23.3. The first-order valence-electron chi connectivity index (χ1n) is 7.89. The molecule has 0 spiro atoms. The molecule has 4 nitrogen and oxygen atoms in total. The summed E-state index contributed by atoms with van der Waals surface area (Å²) in [6, 6.07) is 10.0. The number of carbonyl (C=O) groups is 1. The maximum absolute atomic E-state index is 12.4. The molecule has 0 saturated carbocycles. The maximum Gasteiger partial charge on any atom is 0.231 e. The van der Waals surface area contributed by atoms with Crippen LogP contribution < -0.4 is 5.32 Å². The van der Waals surface area contributed by atoms with E-state index in [-0.39, 0.29) is 23.8 Å². The van der Waals surface area contributed by atoms with Gasteiger partial charge in [-0.1, -0.05) is 35.9 Å². The molecule has 1 aliphatic carbocycles. The fourth-order valence-corrected chi connectivity index (χ4v) is 3.24. The molecular formula is C18H23NO3. The van der Waals surface area contributed by atoms with Gasteiger partial charge in [0.05, 0.1) is 12.5 Å². The molecule has 1 heterocycles. The molecule has 0 bridgehead atoms. The Morgan fingerprint density at radius 3 is 2.64 bits per heavy atom. The molecule has 22 heavy (non-hydrogen) atoms. The average Bonchev–Trinajstić information content (AvgIpc) is 3.25. The monoisotopic (exact) mass is 301 g/mol. The number of benzene rings is 1. The van der Waals surface area contributed by atoms with E-state index in [1.807, 2.05) is 37.3 Å². The number of carbonyl (C=O) groups excluding carboxylic acids is 1. The summed E-state index contributed by atoms with van der Waals surface area (Å²) >= 11 is 0. The van der Waals surface area contributed by atoms with Crippen LogP contribution in [-0.4, -0.2) is 37.4 Å². The highest BCUT2D eigenvalue weighted by Crippen LogP contribution is 2.46. The van der Waals surface area contributed by atoms with Crippen molar-refractivity contribution in [3.63, 3.8) is 0 Å². The molecule has 1 aliphatic heterocycles. The van der Waals surface area contributed by atoms with Crippen molar-refractivity contribution < 1.29 is 14.6 Å². The fourth-order valence-electron chi connectivity index (χ4n) is 3.24. The SMILES string of the molecule is CC1=C(c2ccccc2)[C@H]1C(=O)NCC1(CO)CCOCC1. The van der Waals surface area contributed by atoms with Crippen LogP contribution in [0.1, 0.15) is 25.3 Å². The predicted octanol–water partition coefficient (Wildman–Crippen LogP) is 2.00. The van der Waals surface area contributed by atoms with Crippen molar-refractivity contribution in [2.75, 3.05) is 26.4 Å². The van der Waals surface area contributed by atoms with E-state index < -0.39 is 0 Å². The van der Waals surface area contributed by atoms with Gasteiger partial charge in [0, 0.05) is 25.2 Å². The van der Waals surface area contributed by atoms with Gasteiger partial charge in [0.1, 0.15) is 0 Å². The lowest BCUT2D eigenvalue weighted by Gasteiger charge is -2.35. The summed E-state index contributed by atoms with van der Waals surface area (Å²) in [5, 5.41) is 12.7. The first kappa shape index (κ1) is 15.3. The topological polar surface area (TPSA) is 58.6 Å². The van der Waals surface area contributed by atoms with Crippen LogP contribution in [0.4, 0.5) is 0 Å². The molecule has 1 aromatic carbocycles. The van der Waals surface area contributed by atoms with E-state index in [1.54, 1.807) is 0 Å². The van der Waals surface area contributed by atoms with Crippen LogP contribution in [0.15, 0.2) is 35.9 Å². The third kappa shape index (κ3) is 2.94. The molecular weight excluding hydrogens is 278 g/mol. The molecule has 1 atom stereocenters. The van der Waals surface area contributed by atoms with Gasteiger partial charge in [0.25, 0.3) is 0 Å². The van der Waals surface area contributed by atoms with E-state index in [0.29, 0.717) is 19.8 Å². The van der Waals surface area contributed by atoms with E-state index in [9.17, 15) is 9.90 Å². The Morgan fingerprint density at radius 2 is 2.00 bits per heavy atom. The molecule has 0 radical (unpaired) electrons. The molecule has 1 fully saturated rings. The number of hydrogen-bond donors (Lipinski definition) is 2. The van der Waals surface area contributed by atoms with E-state index >= 15 is 0 Å². The third-order valence-electron chi connectivity index (χ3n) is 4.94. The molecule has 4 heteroatoms. The third-order valence-corrected chi connectivity index (χ3v) is 4.94. The molecule has 3 rings (SSSR count). The summed E-state index contributed by atoms with van der Waals surface area (Å²) in [5.41, 5.74) is 3.20. The van der Waals surface area contributed by atoms with Gasteiger partial charge >= 0.3 is 0 Å². The number of aliphatic hydroxyl groups is 1. The summed E-state index contributed by atoms with van der Waals surface area (Å²) in [4.78, 5) is 12.4. The zero-order chi connectivity index (χ0) is 15.6. The number of nitrogens with one attached hydrogen (secondary N) is 1. The highest BCUT2D eigenvalue weighted by Gasteiger charge is 2.41. The van der Waals surface area contributed by atoms with Crippen molar-refractivity contribution in [3.05, 3.63) is 41.5 Å². The van der Waals surface area contributed by atoms with Crippen molar-refractivity contribution in [1.82, 2.24) is 5.32 Å². The second-order valence-corrected chi connectivity index (χ2v) is 6.38. The Hall–Kier alpha value is -1.65. The van der Waals surface area contributed by atoms with Crippen LogP contribution in [0.2, 0.25) is 0 Å². The highest BCUT2D eigenvalue weighted by atomic mass is 16.5. The summed E-state index contributed by atoms with van der Waals surface area (Å²) < 4.78 is 5.35. The van der Waals surface area contributed by atoms with Crippen LogP contribution in [0.25, 0.3) is 5.57 Å². The first-order chi connectivity index (χ1) is 10.7. The van der Waals surface area contributed by atoms with Gasteiger partial charge in [0.15, 0.2) is 0 Å². The summed E-state index contributed by atoms with van der Waals surface area (Å²) in [7, 11) is 0. The van der Waals surface area contributed by atoms with Crippen LogP contribution >= 0.6 is 0 Å². The largest absolute Gasteiger partial charge is 0.396 e. The molecule has 2 N–H and O–H groups in total. The molecule has 0 aromatic heterocycles. The van der Waals surface area contributed by atoms with Crippen LogP contribution in [0.3, 0.4) is 0 Å². The number of aliphatic hydroxyl groups excluding tert-OH is 1. The Kier molecular flexibility index (Phi) is 4.32. The van der Waals surface area contributed by atoms with Gasteiger partial charge < -0.3 is 15.2 Å². The minimum absolute atomic E-state index is 0.0515. The summed E-state index contributed by atoms with van der Waals surface area (Å²) in [5.74, 6) is -0.0475. The smallest absolute Gasteiger partial charge is 0.231 e. The average molecular weight is 301 g/mol. The Bertz CT molecular complexity index is 573.